The second-order valence-corrected chi connectivity index (χ2v) is 6.44. The Labute approximate surface area is 95.2 Å². The average molecular weight is 241 g/mol. The number of β-amino-alcohol motifs (C(OH)–C–C–N with tert-alkyl or cyclic N) is 1. The monoisotopic (exact) mass is 241 g/mol. The quantitative estimate of drug-likeness (QED) is 0.779. The van der Waals surface area contributed by atoms with E-state index in [0.29, 0.717) is 24.4 Å². The molecule has 1 fully saturated rings. The molecule has 0 aromatic heterocycles. The van der Waals surface area contributed by atoms with E-state index < -0.39 is 15.4 Å². The summed E-state index contributed by atoms with van der Waals surface area (Å²) in [5.41, 5.74) is 0.295. The number of nitrogens with one attached hydrogen (secondary N) is 1. The molecular weight excluding hydrogens is 226 g/mol. The number of sulfone groups is 1. The van der Waals surface area contributed by atoms with Gasteiger partial charge in [-0.05, 0) is 17.7 Å². The first-order valence-corrected chi connectivity index (χ1v) is 7.00. The van der Waals surface area contributed by atoms with E-state index in [1.807, 2.05) is 0 Å². The van der Waals surface area contributed by atoms with Crippen molar-refractivity contribution in [3.63, 3.8) is 0 Å². The van der Waals surface area contributed by atoms with Gasteiger partial charge in [0.25, 0.3) is 0 Å². The fourth-order valence-electron chi connectivity index (χ4n) is 1.77. The van der Waals surface area contributed by atoms with Gasteiger partial charge < -0.3 is 10.4 Å². The van der Waals surface area contributed by atoms with Crippen LogP contribution in [0.2, 0.25) is 0 Å². The summed E-state index contributed by atoms with van der Waals surface area (Å²) < 4.78 is 22.5. The summed E-state index contributed by atoms with van der Waals surface area (Å²) in [5.74, 6) is 0. The van der Waals surface area contributed by atoms with Crippen LogP contribution in [0.25, 0.3) is 0 Å². The second kappa shape index (κ2) is 3.84. The summed E-state index contributed by atoms with van der Waals surface area (Å²) >= 11 is 0. The van der Waals surface area contributed by atoms with E-state index in [4.69, 9.17) is 0 Å². The van der Waals surface area contributed by atoms with Gasteiger partial charge in [-0.2, -0.15) is 0 Å². The summed E-state index contributed by atoms with van der Waals surface area (Å²) in [5, 5.41) is 12.9. The van der Waals surface area contributed by atoms with E-state index in [-0.39, 0.29) is 0 Å². The zero-order valence-corrected chi connectivity index (χ0v) is 9.92. The number of rotatable bonds is 3. The molecule has 1 heterocycles. The molecule has 4 nitrogen and oxygen atoms in total. The van der Waals surface area contributed by atoms with Crippen LogP contribution in [0.15, 0.2) is 29.2 Å². The van der Waals surface area contributed by atoms with Crippen molar-refractivity contribution < 1.29 is 13.5 Å². The Morgan fingerprint density at radius 1 is 1.31 bits per heavy atom. The van der Waals surface area contributed by atoms with E-state index in [1.165, 1.54) is 6.26 Å². The first kappa shape index (κ1) is 11.6. The van der Waals surface area contributed by atoms with Crippen molar-refractivity contribution in [3.05, 3.63) is 29.8 Å². The molecule has 0 radical (unpaired) electrons. The topological polar surface area (TPSA) is 66.4 Å². The van der Waals surface area contributed by atoms with Gasteiger partial charge in [-0.3, -0.25) is 0 Å². The van der Waals surface area contributed by atoms with Crippen LogP contribution in [-0.2, 0) is 16.3 Å². The van der Waals surface area contributed by atoms with Crippen molar-refractivity contribution in [2.75, 3.05) is 19.3 Å². The Morgan fingerprint density at radius 3 is 2.25 bits per heavy atom. The number of benzene rings is 1. The number of aliphatic hydroxyl groups is 1. The SMILES string of the molecule is CS(=O)(=O)c1ccc(CC2(O)CNC2)cc1. The molecule has 16 heavy (non-hydrogen) atoms. The molecule has 1 saturated heterocycles. The Bertz CT molecular complexity index is 474. The summed E-state index contributed by atoms with van der Waals surface area (Å²) in [6.45, 7) is 1.20. The van der Waals surface area contributed by atoms with E-state index in [0.717, 1.165) is 5.56 Å². The number of hydrogen-bond acceptors (Lipinski definition) is 4. The van der Waals surface area contributed by atoms with Gasteiger partial charge in [0.05, 0.1) is 10.5 Å². The normalized spacial score (nSPS) is 19.1. The lowest BCUT2D eigenvalue weighted by molar-refractivity contribution is -0.00902. The second-order valence-electron chi connectivity index (χ2n) is 4.42. The summed E-state index contributed by atoms with van der Waals surface area (Å²) in [7, 11) is -3.13. The molecule has 1 aliphatic rings. The standard InChI is InChI=1S/C11H15NO3S/c1-16(14,15)10-4-2-9(3-5-10)6-11(13)7-12-8-11/h2-5,12-13H,6-8H2,1H3. The van der Waals surface area contributed by atoms with Gasteiger partial charge >= 0.3 is 0 Å². The lowest BCUT2D eigenvalue weighted by Gasteiger charge is -2.37. The summed E-state index contributed by atoms with van der Waals surface area (Å²) in [4.78, 5) is 0.315. The van der Waals surface area contributed by atoms with Gasteiger partial charge in [0.2, 0.25) is 0 Å². The molecule has 1 aromatic carbocycles. The van der Waals surface area contributed by atoms with Crippen molar-refractivity contribution in [3.8, 4) is 0 Å². The highest BCUT2D eigenvalue weighted by atomic mass is 32.2. The Kier molecular flexibility index (Phi) is 2.77. The van der Waals surface area contributed by atoms with Gasteiger partial charge in [0, 0.05) is 25.8 Å². The fraction of sp³-hybridized carbons (Fsp3) is 0.455. The molecule has 1 aliphatic heterocycles. The van der Waals surface area contributed by atoms with Gasteiger partial charge in [0.15, 0.2) is 9.84 Å². The van der Waals surface area contributed by atoms with Crippen molar-refractivity contribution in [2.24, 2.45) is 0 Å². The highest BCUT2D eigenvalue weighted by Crippen LogP contribution is 2.19. The van der Waals surface area contributed by atoms with Crippen molar-refractivity contribution in [1.29, 1.82) is 0 Å². The third-order valence-corrected chi connectivity index (χ3v) is 3.92. The van der Waals surface area contributed by atoms with E-state index >= 15 is 0 Å². The maximum atomic E-state index is 11.2. The first-order valence-electron chi connectivity index (χ1n) is 5.11. The van der Waals surface area contributed by atoms with Crippen LogP contribution in [-0.4, -0.2) is 38.5 Å². The molecule has 0 bridgehead atoms. The third kappa shape index (κ3) is 2.42. The molecule has 0 saturated carbocycles. The lowest BCUT2D eigenvalue weighted by Crippen LogP contribution is -2.60. The molecule has 0 atom stereocenters. The summed E-state index contributed by atoms with van der Waals surface area (Å²) in [6, 6.07) is 6.68. The molecule has 88 valence electrons. The predicted molar refractivity (Wildman–Crippen MR) is 61.1 cm³/mol. The molecule has 1 aromatic rings. The molecule has 0 amide bonds. The van der Waals surface area contributed by atoms with Gasteiger partial charge in [0.1, 0.15) is 0 Å². The highest BCUT2D eigenvalue weighted by molar-refractivity contribution is 7.90. The van der Waals surface area contributed by atoms with E-state index in [9.17, 15) is 13.5 Å². The fourth-order valence-corrected chi connectivity index (χ4v) is 2.40. The maximum absolute atomic E-state index is 11.2. The molecule has 5 heteroatoms. The largest absolute Gasteiger partial charge is 0.387 e. The van der Waals surface area contributed by atoms with E-state index in [1.54, 1.807) is 24.3 Å². The minimum Gasteiger partial charge on any atom is -0.387 e. The molecular formula is C11H15NO3S. The van der Waals surface area contributed by atoms with E-state index in [2.05, 4.69) is 5.32 Å². The van der Waals surface area contributed by atoms with Gasteiger partial charge in [-0.1, -0.05) is 12.1 Å². The highest BCUT2D eigenvalue weighted by Gasteiger charge is 2.34. The third-order valence-electron chi connectivity index (χ3n) is 2.79. The van der Waals surface area contributed by atoms with Gasteiger partial charge in [-0.15, -0.1) is 0 Å². The maximum Gasteiger partial charge on any atom is 0.175 e. The van der Waals surface area contributed by atoms with Crippen LogP contribution in [0.3, 0.4) is 0 Å². The molecule has 0 spiro atoms. The van der Waals surface area contributed by atoms with Crippen LogP contribution in [0, 0.1) is 0 Å². The summed E-state index contributed by atoms with van der Waals surface area (Å²) in [6.07, 6.45) is 1.75. The first-order chi connectivity index (χ1) is 7.39. The average Bonchev–Trinajstić information content (AvgIpc) is 2.15. The number of hydrogen-bond donors (Lipinski definition) is 2. The molecule has 0 aliphatic carbocycles. The minimum atomic E-state index is -3.13. The molecule has 2 N–H and O–H groups in total. The lowest BCUT2D eigenvalue weighted by atomic mass is 9.89. The zero-order chi connectivity index (χ0) is 11.8. The van der Waals surface area contributed by atoms with Crippen LogP contribution < -0.4 is 5.32 Å². The Morgan fingerprint density at radius 2 is 1.88 bits per heavy atom. The predicted octanol–water partition coefficient (Wildman–Crippen LogP) is -0.0331. The Hall–Kier alpha value is -0.910. The minimum absolute atomic E-state index is 0.315. The zero-order valence-electron chi connectivity index (χ0n) is 9.10. The van der Waals surface area contributed by atoms with Gasteiger partial charge in [-0.25, -0.2) is 8.42 Å². The molecule has 2 rings (SSSR count). The van der Waals surface area contributed by atoms with Crippen LogP contribution >= 0.6 is 0 Å². The Balaban J connectivity index is 2.14. The van der Waals surface area contributed by atoms with Crippen molar-refractivity contribution in [1.82, 2.24) is 5.32 Å². The van der Waals surface area contributed by atoms with Crippen LogP contribution in [0.5, 0.6) is 0 Å². The van der Waals surface area contributed by atoms with Crippen molar-refractivity contribution >= 4 is 9.84 Å². The van der Waals surface area contributed by atoms with Crippen LogP contribution in [0.4, 0.5) is 0 Å². The smallest absolute Gasteiger partial charge is 0.175 e. The van der Waals surface area contributed by atoms with Crippen LogP contribution in [0.1, 0.15) is 5.56 Å². The van der Waals surface area contributed by atoms with Crippen molar-refractivity contribution in [2.45, 2.75) is 16.9 Å². The molecule has 0 unspecified atom stereocenters.